The molecule has 0 bridgehead atoms. The number of guanidine groups is 1. The number of nitrogens with one attached hydrogen (secondary N) is 1. The normalized spacial score (nSPS) is 15.1. The number of pyridine rings is 2. The minimum atomic E-state index is 0.703. The van der Waals surface area contributed by atoms with E-state index in [0.29, 0.717) is 6.54 Å². The number of hydrogen-bond acceptors (Lipinski definition) is 5. The second kappa shape index (κ2) is 8.51. The summed E-state index contributed by atoms with van der Waals surface area (Å²) in [5, 5.41) is 3.48. The minimum absolute atomic E-state index is 0.703. The fourth-order valence-electron chi connectivity index (χ4n) is 3.17. The van der Waals surface area contributed by atoms with Gasteiger partial charge in [-0.2, -0.15) is 0 Å². The Labute approximate surface area is 155 Å². The van der Waals surface area contributed by atoms with Crippen LogP contribution >= 0.6 is 0 Å². The van der Waals surface area contributed by atoms with Crippen molar-refractivity contribution in [3.63, 3.8) is 0 Å². The number of anilines is 2. The number of piperazine rings is 1. The third kappa shape index (κ3) is 4.22. The van der Waals surface area contributed by atoms with Gasteiger partial charge < -0.3 is 20.0 Å². The molecular weight excluding hydrogens is 326 g/mol. The Morgan fingerprint density at radius 1 is 1.08 bits per heavy atom. The Hall–Kier alpha value is -2.83. The summed E-state index contributed by atoms with van der Waals surface area (Å²) in [5.74, 6) is 2.95. The van der Waals surface area contributed by atoms with Crippen molar-refractivity contribution in [3.8, 4) is 0 Å². The predicted molar refractivity (Wildman–Crippen MR) is 107 cm³/mol. The average molecular weight is 353 g/mol. The van der Waals surface area contributed by atoms with Gasteiger partial charge in [-0.05, 0) is 18.2 Å². The van der Waals surface area contributed by atoms with Crippen LogP contribution in [0.4, 0.5) is 11.6 Å². The van der Waals surface area contributed by atoms with Crippen LogP contribution in [0.15, 0.2) is 47.7 Å². The molecule has 2 aromatic heterocycles. The van der Waals surface area contributed by atoms with Crippen LogP contribution < -0.4 is 15.1 Å². The van der Waals surface area contributed by atoms with Gasteiger partial charge in [0, 0.05) is 71.8 Å². The molecule has 0 radical (unpaired) electrons. The van der Waals surface area contributed by atoms with E-state index in [1.807, 2.05) is 56.6 Å². The zero-order chi connectivity index (χ0) is 18.4. The smallest absolute Gasteiger partial charge is 0.194 e. The van der Waals surface area contributed by atoms with Crippen molar-refractivity contribution in [2.45, 2.75) is 6.54 Å². The Kier molecular flexibility index (Phi) is 5.88. The molecule has 1 saturated heterocycles. The van der Waals surface area contributed by atoms with Crippen LogP contribution in [0, 0.1) is 0 Å². The van der Waals surface area contributed by atoms with Gasteiger partial charge in [-0.25, -0.2) is 9.97 Å². The summed E-state index contributed by atoms with van der Waals surface area (Å²) < 4.78 is 0. The number of nitrogens with zero attached hydrogens (tertiary/aromatic N) is 6. The maximum Gasteiger partial charge on any atom is 0.194 e. The van der Waals surface area contributed by atoms with E-state index in [1.165, 1.54) is 0 Å². The fraction of sp³-hybridized carbons (Fsp3) is 0.421. The molecule has 0 atom stereocenters. The molecule has 3 rings (SSSR count). The van der Waals surface area contributed by atoms with Crippen molar-refractivity contribution in [1.82, 2.24) is 20.2 Å². The molecule has 0 spiro atoms. The van der Waals surface area contributed by atoms with Crippen LogP contribution in [0.5, 0.6) is 0 Å². The van der Waals surface area contributed by atoms with E-state index in [-0.39, 0.29) is 0 Å². The average Bonchev–Trinajstić information content (AvgIpc) is 2.70. The quantitative estimate of drug-likeness (QED) is 0.663. The van der Waals surface area contributed by atoms with Crippen molar-refractivity contribution in [3.05, 3.63) is 48.3 Å². The molecule has 0 aliphatic carbocycles. The summed E-state index contributed by atoms with van der Waals surface area (Å²) in [7, 11) is 5.86. The Balaban J connectivity index is 1.58. The Bertz CT molecular complexity index is 722. The fourth-order valence-corrected chi connectivity index (χ4v) is 3.17. The van der Waals surface area contributed by atoms with Gasteiger partial charge in [-0.15, -0.1) is 0 Å². The molecule has 1 N–H and O–H groups in total. The SMILES string of the molecule is CN=C(NCc1cccnc1N(C)C)N1CCN(c2ccccn2)CC1. The standard InChI is InChI=1S/C19H27N7/c1-20-19(23-15-16-7-6-10-22-18(16)24(2)3)26-13-11-25(12-14-26)17-8-4-5-9-21-17/h4-10H,11-15H2,1-3H3,(H,20,23). The number of hydrogen-bond donors (Lipinski definition) is 1. The Morgan fingerprint density at radius 2 is 1.85 bits per heavy atom. The summed E-state index contributed by atoms with van der Waals surface area (Å²) in [5.41, 5.74) is 1.16. The lowest BCUT2D eigenvalue weighted by atomic mass is 10.2. The summed E-state index contributed by atoms with van der Waals surface area (Å²) in [6, 6.07) is 10.1. The van der Waals surface area contributed by atoms with Crippen molar-refractivity contribution in [2.24, 2.45) is 4.99 Å². The molecule has 1 fully saturated rings. The lowest BCUT2D eigenvalue weighted by Gasteiger charge is -2.37. The first-order valence-corrected chi connectivity index (χ1v) is 8.92. The lowest BCUT2D eigenvalue weighted by Crippen LogP contribution is -2.52. The second-order valence-electron chi connectivity index (χ2n) is 6.44. The largest absolute Gasteiger partial charge is 0.362 e. The third-order valence-electron chi connectivity index (χ3n) is 4.49. The lowest BCUT2D eigenvalue weighted by molar-refractivity contribution is 0.371. The molecule has 1 aliphatic rings. The van der Waals surface area contributed by atoms with Gasteiger partial charge in [-0.3, -0.25) is 4.99 Å². The number of aliphatic imine (C=N–C) groups is 1. The van der Waals surface area contributed by atoms with Gasteiger partial charge >= 0.3 is 0 Å². The highest BCUT2D eigenvalue weighted by molar-refractivity contribution is 5.80. The summed E-state index contributed by atoms with van der Waals surface area (Å²) >= 11 is 0. The molecular formula is C19H27N7. The topological polar surface area (TPSA) is 59.9 Å². The van der Waals surface area contributed by atoms with E-state index in [4.69, 9.17) is 0 Å². The van der Waals surface area contributed by atoms with Gasteiger partial charge in [0.2, 0.25) is 0 Å². The first-order chi connectivity index (χ1) is 12.7. The second-order valence-corrected chi connectivity index (χ2v) is 6.44. The van der Waals surface area contributed by atoms with Crippen LogP contribution in [-0.4, -0.2) is 68.1 Å². The molecule has 1 aliphatic heterocycles. The van der Waals surface area contributed by atoms with Gasteiger partial charge in [0.1, 0.15) is 11.6 Å². The predicted octanol–water partition coefficient (Wildman–Crippen LogP) is 1.44. The number of rotatable bonds is 4. The first kappa shape index (κ1) is 18.0. The zero-order valence-corrected chi connectivity index (χ0v) is 15.8. The maximum atomic E-state index is 4.46. The van der Waals surface area contributed by atoms with Crippen LogP contribution in [0.25, 0.3) is 0 Å². The molecule has 0 amide bonds. The monoisotopic (exact) mass is 353 g/mol. The summed E-state index contributed by atoms with van der Waals surface area (Å²) in [6.45, 7) is 4.42. The third-order valence-corrected chi connectivity index (χ3v) is 4.49. The number of aromatic nitrogens is 2. The van der Waals surface area contributed by atoms with Crippen molar-refractivity contribution >= 4 is 17.6 Å². The van der Waals surface area contributed by atoms with E-state index < -0.39 is 0 Å². The van der Waals surface area contributed by atoms with Crippen molar-refractivity contribution in [2.75, 3.05) is 57.1 Å². The van der Waals surface area contributed by atoms with Gasteiger partial charge in [0.15, 0.2) is 5.96 Å². The maximum absolute atomic E-state index is 4.46. The van der Waals surface area contributed by atoms with Crippen molar-refractivity contribution < 1.29 is 0 Å². The van der Waals surface area contributed by atoms with E-state index in [1.54, 1.807) is 0 Å². The highest BCUT2D eigenvalue weighted by Gasteiger charge is 2.20. The molecule has 0 aromatic carbocycles. The van der Waals surface area contributed by atoms with E-state index >= 15 is 0 Å². The van der Waals surface area contributed by atoms with Crippen molar-refractivity contribution in [1.29, 1.82) is 0 Å². The zero-order valence-electron chi connectivity index (χ0n) is 15.8. The highest BCUT2D eigenvalue weighted by Crippen LogP contribution is 2.15. The van der Waals surface area contributed by atoms with Crippen LogP contribution in [0.2, 0.25) is 0 Å². The summed E-state index contributed by atoms with van der Waals surface area (Å²) in [4.78, 5) is 20.0. The highest BCUT2D eigenvalue weighted by atomic mass is 15.4. The summed E-state index contributed by atoms with van der Waals surface area (Å²) in [6.07, 6.45) is 3.67. The molecule has 26 heavy (non-hydrogen) atoms. The van der Waals surface area contributed by atoms with Gasteiger partial charge in [-0.1, -0.05) is 12.1 Å². The first-order valence-electron chi connectivity index (χ1n) is 8.92. The minimum Gasteiger partial charge on any atom is -0.362 e. The molecule has 0 unspecified atom stereocenters. The van der Waals surface area contributed by atoms with E-state index in [0.717, 1.165) is 49.3 Å². The molecule has 7 heteroatoms. The van der Waals surface area contributed by atoms with Crippen LogP contribution in [0.3, 0.4) is 0 Å². The van der Waals surface area contributed by atoms with E-state index in [9.17, 15) is 0 Å². The van der Waals surface area contributed by atoms with Gasteiger partial charge in [0.25, 0.3) is 0 Å². The molecule has 138 valence electrons. The molecule has 7 nitrogen and oxygen atoms in total. The van der Waals surface area contributed by atoms with Crippen LogP contribution in [-0.2, 0) is 6.54 Å². The Morgan fingerprint density at radius 3 is 2.50 bits per heavy atom. The van der Waals surface area contributed by atoms with Crippen LogP contribution in [0.1, 0.15) is 5.56 Å². The van der Waals surface area contributed by atoms with E-state index in [2.05, 4.69) is 42.2 Å². The molecule has 2 aromatic rings. The molecule has 0 saturated carbocycles. The molecule has 3 heterocycles. The van der Waals surface area contributed by atoms with Gasteiger partial charge in [0.05, 0.1) is 0 Å².